The van der Waals surface area contributed by atoms with Crippen LogP contribution in [0.5, 0.6) is 5.75 Å². The third kappa shape index (κ3) is 2.86. The number of esters is 1. The molecule has 0 aliphatic rings. The number of rotatable bonds is 3. The van der Waals surface area contributed by atoms with Crippen LogP contribution in [0.2, 0.25) is 5.02 Å². The minimum Gasteiger partial charge on any atom is -0.507 e. The van der Waals surface area contributed by atoms with Gasteiger partial charge in [0.15, 0.2) is 0 Å². The van der Waals surface area contributed by atoms with Gasteiger partial charge in [-0.05, 0) is 18.2 Å². The number of H-pyrrole nitrogens is 1. The number of ether oxygens (including phenoxy) is 1. The lowest BCUT2D eigenvalue weighted by Crippen LogP contribution is -2.13. The Bertz CT molecular complexity index is 670. The predicted molar refractivity (Wildman–Crippen MR) is 68.8 cm³/mol. The third-order valence-electron chi connectivity index (χ3n) is 2.29. The topological polar surface area (TPSA) is 117 Å². The van der Waals surface area contributed by atoms with Gasteiger partial charge in [0.25, 0.3) is 5.91 Å². The Balaban J connectivity index is 2.17. The molecule has 0 saturated carbocycles. The molecule has 3 N–H and O–H groups in total. The molecule has 0 saturated heterocycles. The van der Waals surface area contributed by atoms with Crippen molar-refractivity contribution in [2.75, 3.05) is 12.4 Å². The Morgan fingerprint density at radius 1 is 1.45 bits per heavy atom. The highest BCUT2D eigenvalue weighted by Gasteiger charge is 2.16. The maximum Gasteiger partial charge on any atom is 0.375 e. The van der Waals surface area contributed by atoms with Crippen LogP contribution in [0.15, 0.2) is 18.2 Å². The summed E-state index contributed by atoms with van der Waals surface area (Å²) in [6, 6.07) is 4.02. The number of methoxy groups -OCH3 is 1. The molecule has 1 amide bonds. The molecule has 8 nitrogen and oxygen atoms in total. The minimum atomic E-state index is -0.719. The van der Waals surface area contributed by atoms with Gasteiger partial charge < -0.3 is 9.84 Å². The number of phenolic OH excluding ortho intramolecular Hbond substituents is 1. The number of hydrogen-bond donors (Lipinski definition) is 3. The third-order valence-corrected chi connectivity index (χ3v) is 2.53. The highest BCUT2D eigenvalue weighted by atomic mass is 35.5. The number of halogens is 1. The summed E-state index contributed by atoms with van der Waals surface area (Å²) in [5, 5.41) is 18.1. The van der Waals surface area contributed by atoms with Gasteiger partial charge in [0.1, 0.15) is 5.75 Å². The highest BCUT2D eigenvalue weighted by molar-refractivity contribution is 6.31. The number of aromatic amines is 1. The van der Waals surface area contributed by atoms with Crippen molar-refractivity contribution >= 4 is 29.4 Å². The number of phenols is 1. The van der Waals surface area contributed by atoms with Gasteiger partial charge in [0.05, 0.1) is 12.7 Å². The van der Waals surface area contributed by atoms with Crippen molar-refractivity contribution in [3.8, 4) is 5.75 Å². The van der Waals surface area contributed by atoms with Crippen molar-refractivity contribution in [2.45, 2.75) is 0 Å². The van der Waals surface area contributed by atoms with E-state index in [1.807, 2.05) is 0 Å². The summed E-state index contributed by atoms with van der Waals surface area (Å²) >= 11 is 5.74. The van der Waals surface area contributed by atoms with Crippen molar-refractivity contribution in [1.29, 1.82) is 0 Å². The van der Waals surface area contributed by atoms with Crippen LogP contribution in [0.25, 0.3) is 0 Å². The zero-order valence-electron chi connectivity index (χ0n) is 10.2. The highest BCUT2D eigenvalue weighted by Crippen LogP contribution is 2.22. The van der Waals surface area contributed by atoms with E-state index >= 15 is 0 Å². The van der Waals surface area contributed by atoms with Crippen LogP contribution in [-0.4, -0.2) is 39.3 Å². The van der Waals surface area contributed by atoms with E-state index in [1.165, 1.54) is 25.3 Å². The zero-order chi connectivity index (χ0) is 14.7. The summed E-state index contributed by atoms with van der Waals surface area (Å²) in [7, 11) is 1.19. The molecule has 0 fully saturated rings. The standard InChI is InChI=1S/C11H9ClN4O4/c1-20-10(19)8-13-11(16-15-8)14-9(18)6-4-5(12)2-3-7(6)17/h2-4,17H,1H3,(H2,13,14,15,16,18). The second-order valence-corrected chi connectivity index (χ2v) is 4.05. The Kier molecular flexibility index (Phi) is 3.85. The second kappa shape index (κ2) is 5.57. The first-order chi connectivity index (χ1) is 9.51. The molecular weight excluding hydrogens is 288 g/mol. The number of aromatic nitrogens is 3. The van der Waals surface area contributed by atoms with Crippen LogP contribution >= 0.6 is 11.6 Å². The number of nitrogens with one attached hydrogen (secondary N) is 2. The molecule has 0 spiro atoms. The van der Waals surface area contributed by atoms with Gasteiger partial charge >= 0.3 is 5.97 Å². The van der Waals surface area contributed by atoms with E-state index in [1.54, 1.807) is 0 Å². The van der Waals surface area contributed by atoms with Gasteiger partial charge in [-0.15, -0.1) is 5.10 Å². The first kappa shape index (κ1) is 13.8. The molecule has 0 bridgehead atoms. The lowest BCUT2D eigenvalue weighted by atomic mass is 10.2. The summed E-state index contributed by atoms with van der Waals surface area (Å²) in [6.45, 7) is 0. The lowest BCUT2D eigenvalue weighted by molar-refractivity contribution is 0.0587. The minimum absolute atomic E-state index is 0.0399. The number of hydrogen-bond acceptors (Lipinski definition) is 6. The molecular formula is C11H9ClN4O4. The van der Waals surface area contributed by atoms with E-state index in [0.29, 0.717) is 0 Å². The summed E-state index contributed by atoms with van der Waals surface area (Å²) in [4.78, 5) is 26.8. The molecule has 0 unspecified atom stereocenters. The van der Waals surface area contributed by atoms with E-state index in [4.69, 9.17) is 11.6 Å². The van der Waals surface area contributed by atoms with Crippen LogP contribution in [0.4, 0.5) is 5.95 Å². The van der Waals surface area contributed by atoms with E-state index in [9.17, 15) is 14.7 Å². The van der Waals surface area contributed by atoms with Crippen molar-refractivity contribution in [2.24, 2.45) is 0 Å². The second-order valence-electron chi connectivity index (χ2n) is 3.61. The molecule has 2 aromatic rings. The maximum atomic E-state index is 11.9. The van der Waals surface area contributed by atoms with Crippen LogP contribution in [0.1, 0.15) is 21.0 Å². The smallest absolute Gasteiger partial charge is 0.375 e. The SMILES string of the molecule is COC(=O)c1nc(NC(=O)c2cc(Cl)ccc2O)n[nH]1. The maximum absolute atomic E-state index is 11.9. The number of carbonyl (C=O) groups excluding carboxylic acids is 2. The number of carbonyl (C=O) groups is 2. The van der Waals surface area contributed by atoms with Gasteiger partial charge in [-0.2, -0.15) is 4.98 Å². The molecule has 0 atom stereocenters. The predicted octanol–water partition coefficient (Wildman–Crippen LogP) is 1.20. The molecule has 0 radical (unpaired) electrons. The first-order valence-electron chi connectivity index (χ1n) is 5.32. The Morgan fingerprint density at radius 2 is 2.20 bits per heavy atom. The van der Waals surface area contributed by atoms with Gasteiger partial charge in [-0.3, -0.25) is 15.2 Å². The first-order valence-corrected chi connectivity index (χ1v) is 5.69. The monoisotopic (exact) mass is 296 g/mol. The number of benzene rings is 1. The van der Waals surface area contributed by atoms with Crippen molar-refractivity contribution in [1.82, 2.24) is 15.2 Å². The van der Waals surface area contributed by atoms with Crippen LogP contribution in [0, 0.1) is 0 Å². The van der Waals surface area contributed by atoms with E-state index in [-0.39, 0.29) is 28.1 Å². The van der Waals surface area contributed by atoms with E-state index < -0.39 is 11.9 Å². The number of nitrogens with zero attached hydrogens (tertiary/aromatic N) is 2. The number of anilines is 1. The molecule has 0 aliphatic carbocycles. The Hall–Kier alpha value is -2.61. The van der Waals surface area contributed by atoms with Crippen LogP contribution < -0.4 is 5.32 Å². The van der Waals surface area contributed by atoms with E-state index in [0.717, 1.165) is 0 Å². The number of aromatic hydroxyl groups is 1. The Morgan fingerprint density at radius 3 is 2.90 bits per heavy atom. The summed E-state index contributed by atoms with van der Waals surface area (Å²) in [6.07, 6.45) is 0. The fourth-order valence-corrected chi connectivity index (χ4v) is 1.54. The fraction of sp³-hybridized carbons (Fsp3) is 0.0909. The van der Waals surface area contributed by atoms with Crippen molar-refractivity contribution in [3.63, 3.8) is 0 Å². The van der Waals surface area contributed by atoms with Crippen molar-refractivity contribution in [3.05, 3.63) is 34.6 Å². The molecule has 1 aromatic heterocycles. The molecule has 0 aliphatic heterocycles. The normalized spacial score (nSPS) is 10.1. The molecule has 1 aromatic carbocycles. The largest absolute Gasteiger partial charge is 0.507 e. The summed E-state index contributed by atoms with van der Waals surface area (Å²) in [5.74, 6) is -1.91. The van der Waals surface area contributed by atoms with Crippen molar-refractivity contribution < 1.29 is 19.4 Å². The summed E-state index contributed by atoms with van der Waals surface area (Å²) in [5.41, 5.74) is -0.0399. The Labute approximate surface area is 117 Å². The molecule has 104 valence electrons. The quantitative estimate of drug-likeness (QED) is 0.733. The summed E-state index contributed by atoms with van der Waals surface area (Å²) < 4.78 is 4.43. The van der Waals surface area contributed by atoms with E-state index in [2.05, 4.69) is 25.2 Å². The van der Waals surface area contributed by atoms with Crippen LogP contribution in [-0.2, 0) is 4.74 Å². The fourth-order valence-electron chi connectivity index (χ4n) is 1.36. The van der Waals surface area contributed by atoms with Crippen LogP contribution in [0.3, 0.4) is 0 Å². The van der Waals surface area contributed by atoms with Gasteiger partial charge in [0.2, 0.25) is 11.8 Å². The molecule has 2 rings (SSSR count). The molecule has 9 heteroatoms. The lowest BCUT2D eigenvalue weighted by Gasteiger charge is -2.03. The molecule has 1 heterocycles. The number of amides is 1. The van der Waals surface area contributed by atoms with Gasteiger partial charge in [-0.1, -0.05) is 11.6 Å². The van der Waals surface area contributed by atoms with Gasteiger partial charge in [0, 0.05) is 5.02 Å². The van der Waals surface area contributed by atoms with Gasteiger partial charge in [-0.25, -0.2) is 4.79 Å². The molecule has 20 heavy (non-hydrogen) atoms. The average Bonchev–Trinajstić information content (AvgIpc) is 2.89. The zero-order valence-corrected chi connectivity index (χ0v) is 10.9. The average molecular weight is 297 g/mol.